The summed E-state index contributed by atoms with van der Waals surface area (Å²) < 4.78 is 5.34. The van der Waals surface area contributed by atoms with Crippen molar-refractivity contribution in [3.05, 3.63) is 70.8 Å². The first-order valence-corrected chi connectivity index (χ1v) is 9.45. The molecule has 0 aromatic heterocycles. The van der Waals surface area contributed by atoms with Gasteiger partial charge in [-0.3, -0.25) is 19.3 Å². The number of fused-ring (bicyclic) bond motifs is 1. The van der Waals surface area contributed by atoms with E-state index in [0.29, 0.717) is 43.9 Å². The van der Waals surface area contributed by atoms with Crippen molar-refractivity contribution in [1.29, 1.82) is 0 Å². The van der Waals surface area contributed by atoms with Crippen molar-refractivity contribution in [2.75, 3.05) is 26.3 Å². The molecule has 144 valence electrons. The summed E-state index contributed by atoms with van der Waals surface area (Å²) in [6.07, 6.45) is 0.295. The van der Waals surface area contributed by atoms with Gasteiger partial charge in [-0.15, -0.1) is 0 Å². The van der Waals surface area contributed by atoms with Gasteiger partial charge >= 0.3 is 0 Å². The van der Waals surface area contributed by atoms with Crippen LogP contribution < -0.4 is 0 Å². The van der Waals surface area contributed by atoms with Gasteiger partial charge in [0.25, 0.3) is 11.8 Å². The molecule has 4 rings (SSSR count). The number of carbonyl (C=O) groups excluding carboxylic acids is 3. The normalized spacial score (nSPS) is 17.6. The highest BCUT2D eigenvalue weighted by atomic mass is 16.5. The Hall–Kier alpha value is -2.99. The third kappa shape index (κ3) is 3.31. The predicted molar refractivity (Wildman–Crippen MR) is 103 cm³/mol. The van der Waals surface area contributed by atoms with Crippen LogP contribution in [0.2, 0.25) is 0 Å². The Bertz CT molecular complexity index is 899. The Labute approximate surface area is 163 Å². The van der Waals surface area contributed by atoms with Crippen molar-refractivity contribution in [3.63, 3.8) is 0 Å². The maximum atomic E-state index is 13.3. The molecule has 6 nitrogen and oxygen atoms in total. The Morgan fingerprint density at radius 2 is 1.64 bits per heavy atom. The fraction of sp³-hybridized carbons (Fsp3) is 0.318. The number of amides is 3. The number of ether oxygens (including phenoxy) is 1. The van der Waals surface area contributed by atoms with Gasteiger partial charge in [-0.05, 0) is 24.6 Å². The van der Waals surface area contributed by atoms with Crippen LogP contribution in [0.15, 0.2) is 48.5 Å². The second-order valence-electron chi connectivity index (χ2n) is 7.17. The summed E-state index contributed by atoms with van der Waals surface area (Å²) in [5.74, 6) is -1.01. The molecule has 2 aliphatic heterocycles. The summed E-state index contributed by atoms with van der Waals surface area (Å²) in [6.45, 7) is 3.83. The van der Waals surface area contributed by atoms with E-state index < -0.39 is 17.9 Å². The minimum Gasteiger partial charge on any atom is -0.378 e. The summed E-state index contributed by atoms with van der Waals surface area (Å²) in [6, 6.07) is 13.7. The minimum absolute atomic E-state index is 0.209. The summed E-state index contributed by atoms with van der Waals surface area (Å²) >= 11 is 0. The lowest BCUT2D eigenvalue weighted by molar-refractivity contribution is -0.139. The molecule has 1 saturated heterocycles. The van der Waals surface area contributed by atoms with E-state index in [1.807, 2.05) is 31.2 Å². The lowest BCUT2D eigenvalue weighted by Gasteiger charge is -2.33. The molecule has 1 unspecified atom stereocenters. The number of nitrogens with zero attached hydrogens (tertiary/aromatic N) is 2. The van der Waals surface area contributed by atoms with E-state index in [9.17, 15) is 14.4 Å². The molecular formula is C22H22N2O4. The summed E-state index contributed by atoms with van der Waals surface area (Å²) in [5.41, 5.74) is 2.70. The molecule has 0 saturated carbocycles. The first kappa shape index (κ1) is 18.4. The topological polar surface area (TPSA) is 66.9 Å². The highest BCUT2D eigenvalue weighted by molar-refractivity contribution is 6.22. The lowest BCUT2D eigenvalue weighted by Crippen LogP contribution is -2.54. The van der Waals surface area contributed by atoms with E-state index in [4.69, 9.17) is 4.74 Å². The predicted octanol–water partition coefficient (Wildman–Crippen LogP) is 2.06. The molecule has 3 amide bonds. The summed E-state index contributed by atoms with van der Waals surface area (Å²) in [4.78, 5) is 42.2. The number of aryl methyl sites for hydroxylation is 1. The van der Waals surface area contributed by atoms with Crippen LogP contribution in [0.4, 0.5) is 0 Å². The molecule has 2 aliphatic rings. The quantitative estimate of drug-likeness (QED) is 0.764. The molecule has 28 heavy (non-hydrogen) atoms. The zero-order valence-electron chi connectivity index (χ0n) is 15.8. The number of rotatable bonds is 4. The van der Waals surface area contributed by atoms with Gasteiger partial charge in [-0.25, -0.2) is 0 Å². The summed E-state index contributed by atoms with van der Waals surface area (Å²) in [5, 5.41) is 0. The van der Waals surface area contributed by atoms with Crippen LogP contribution in [-0.2, 0) is 16.0 Å². The van der Waals surface area contributed by atoms with Gasteiger partial charge in [0.05, 0.1) is 24.3 Å². The van der Waals surface area contributed by atoms with E-state index in [-0.39, 0.29) is 5.91 Å². The fourth-order valence-electron chi connectivity index (χ4n) is 3.84. The highest BCUT2D eigenvalue weighted by Gasteiger charge is 2.43. The van der Waals surface area contributed by atoms with Crippen molar-refractivity contribution in [2.45, 2.75) is 19.4 Å². The number of imide groups is 1. The van der Waals surface area contributed by atoms with E-state index in [0.717, 1.165) is 16.0 Å². The molecule has 2 aromatic carbocycles. The molecule has 6 heteroatoms. The van der Waals surface area contributed by atoms with Crippen LogP contribution in [0.25, 0.3) is 0 Å². The summed E-state index contributed by atoms with van der Waals surface area (Å²) in [7, 11) is 0. The van der Waals surface area contributed by atoms with Gasteiger partial charge < -0.3 is 9.64 Å². The lowest BCUT2D eigenvalue weighted by atomic mass is 10.0. The van der Waals surface area contributed by atoms with Crippen molar-refractivity contribution in [1.82, 2.24) is 9.80 Å². The number of hydrogen-bond donors (Lipinski definition) is 0. The highest BCUT2D eigenvalue weighted by Crippen LogP contribution is 2.27. The average Bonchev–Trinajstić information content (AvgIpc) is 2.97. The van der Waals surface area contributed by atoms with Crippen molar-refractivity contribution >= 4 is 17.7 Å². The van der Waals surface area contributed by atoms with Gasteiger partial charge in [0.15, 0.2) is 0 Å². The molecule has 0 spiro atoms. The molecule has 2 aromatic rings. The molecule has 1 fully saturated rings. The average molecular weight is 378 g/mol. The van der Waals surface area contributed by atoms with Crippen LogP contribution in [-0.4, -0.2) is 59.9 Å². The van der Waals surface area contributed by atoms with E-state index in [1.165, 1.54) is 0 Å². The van der Waals surface area contributed by atoms with Crippen molar-refractivity contribution < 1.29 is 19.1 Å². The standard InChI is InChI=1S/C22H22N2O4/c1-15-5-4-6-16(13-15)14-19(22(27)23-9-11-28-12-10-23)24-20(25)17-7-2-3-8-18(17)21(24)26/h2-8,13,19H,9-12,14H2,1H3. The monoisotopic (exact) mass is 378 g/mol. The van der Waals surface area contributed by atoms with Gasteiger partial charge in [0.2, 0.25) is 5.91 Å². The maximum Gasteiger partial charge on any atom is 0.262 e. The Kier molecular flexibility index (Phi) is 4.96. The second kappa shape index (κ2) is 7.56. The molecule has 0 radical (unpaired) electrons. The third-order valence-corrected chi connectivity index (χ3v) is 5.26. The van der Waals surface area contributed by atoms with Gasteiger partial charge in [-0.2, -0.15) is 0 Å². The van der Waals surface area contributed by atoms with Crippen molar-refractivity contribution in [3.8, 4) is 0 Å². The third-order valence-electron chi connectivity index (χ3n) is 5.26. The number of morpholine rings is 1. The Morgan fingerprint density at radius 1 is 1.00 bits per heavy atom. The van der Waals surface area contributed by atoms with Gasteiger partial charge in [-0.1, -0.05) is 42.0 Å². The molecule has 2 heterocycles. The molecule has 0 bridgehead atoms. The van der Waals surface area contributed by atoms with E-state index in [2.05, 4.69) is 0 Å². The van der Waals surface area contributed by atoms with Crippen LogP contribution in [0.3, 0.4) is 0 Å². The van der Waals surface area contributed by atoms with Crippen molar-refractivity contribution in [2.24, 2.45) is 0 Å². The number of benzene rings is 2. The van der Waals surface area contributed by atoms with Gasteiger partial charge in [0, 0.05) is 19.5 Å². The van der Waals surface area contributed by atoms with Crippen LogP contribution in [0, 0.1) is 6.92 Å². The smallest absolute Gasteiger partial charge is 0.262 e. The van der Waals surface area contributed by atoms with E-state index >= 15 is 0 Å². The minimum atomic E-state index is -0.868. The van der Waals surface area contributed by atoms with Gasteiger partial charge in [0.1, 0.15) is 6.04 Å². The molecular weight excluding hydrogens is 356 g/mol. The second-order valence-corrected chi connectivity index (χ2v) is 7.17. The van der Waals surface area contributed by atoms with Crippen LogP contribution >= 0.6 is 0 Å². The SMILES string of the molecule is Cc1cccc(CC(C(=O)N2CCOCC2)N2C(=O)c3ccccc3C2=O)c1. The fourth-order valence-corrected chi connectivity index (χ4v) is 3.84. The van der Waals surface area contributed by atoms with E-state index in [1.54, 1.807) is 29.2 Å². The molecule has 0 N–H and O–H groups in total. The molecule has 1 atom stereocenters. The zero-order valence-corrected chi connectivity index (χ0v) is 15.8. The first-order valence-electron chi connectivity index (χ1n) is 9.45. The molecule has 0 aliphatic carbocycles. The first-order chi connectivity index (χ1) is 13.6. The Morgan fingerprint density at radius 3 is 2.25 bits per heavy atom. The zero-order chi connectivity index (χ0) is 19.7. The number of carbonyl (C=O) groups is 3. The Balaban J connectivity index is 1.69. The number of hydrogen-bond acceptors (Lipinski definition) is 4. The maximum absolute atomic E-state index is 13.3. The van der Waals surface area contributed by atoms with Crippen LogP contribution in [0.5, 0.6) is 0 Å². The largest absolute Gasteiger partial charge is 0.378 e. The van der Waals surface area contributed by atoms with Crippen LogP contribution in [0.1, 0.15) is 31.8 Å².